The van der Waals surface area contributed by atoms with Gasteiger partial charge in [0.05, 0.1) is 0 Å². The number of ether oxygens (including phenoxy) is 1. The molecule has 0 radical (unpaired) electrons. The first-order chi connectivity index (χ1) is 10.9. The van der Waals surface area contributed by atoms with Crippen LogP contribution in [0.1, 0.15) is 58.3 Å². The monoisotopic (exact) mass is 330 g/mol. The zero-order valence-corrected chi connectivity index (χ0v) is 13.4. The summed E-state index contributed by atoms with van der Waals surface area (Å²) in [5.41, 5.74) is 0. The topological polar surface area (TPSA) is 124 Å². The third-order valence-electron chi connectivity index (χ3n) is 3.93. The highest BCUT2D eigenvalue weighted by Crippen LogP contribution is 2.23. The van der Waals surface area contributed by atoms with E-state index in [2.05, 4.69) is 11.7 Å². The number of aliphatic hydroxyl groups is 4. The molecule has 7 heteroatoms. The smallest absolute Gasteiger partial charge is 0.377 e. The predicted molar refractivity (Wildman–Crippen MR) is 81.8 cm³/mol. The van der Waals surface area contributed by atoms with E-state index in [4.69, 9.17) is 5.11 Å². The van der Waals surface area contributed by atoms with Gasteiger partial charge in [-0.2, -0.15) is 0 Å². The van der Waals surface area contributed by atoms with Crippen molar-refractivity contribution >= 4 is 11.8 Å². The van der Waals surface area contributed by atoms with Crippen molar-refractivity contribution in [3.8, 4) is 0 Å². The fraction of sp³-hybridized carbons (Fsp3) is 0.750. The number of cyclic esters (lactones) is 1. The fourth-order valence-corrected chi connectivity index (χ4v) is 2.46. The van der Waals surface area contributed by atoms with Gasteiger partial charge in [-0.05, 0) is 6.42 Å². The molecule has 0 aromatic heterocycles. The van der Waals surface area contributed by atoms with Crippen LogP contribution < -0.4 is 0 Å². The Hall–Kier alpha value is -1.60. The van der Waals surface area contributed by atoms with Gasteiger partial charge in [0, 0.05) is 6.42 Å². The van der Waals surface area contributed by atoms with Crippen molar-refractivity contribution in [2.75, 3.05) is 0 Å². The average Bonchev–Trinajstić information content (AvgIpc) is 2.80. The Balaban J connectivity index is 2.32. The summed E-state index contributed by atoms with van der Waals surface area (Å²) in [5.74, 6) is -3.66. The molecule has 1 heterocycles. The van der Waals surface area contributed by atoms with Crippen LogP contribution in [0.15, 0.2) is 11.5 Å². The summed E-state index contributed by atoms with van der Waals surface area (Å²) >= 11 is 0. The van der Waals surface area contributed by atoms with E-state index >= 15 is 0 Å². The van der Waals surface area contributed by atoms with E-state index in [-0.39, 0.29) is 6.42 Å². The minimum Gasteiger partial charge on any atom is -0.505 e. The minimum atomic E-state index is -1.80. The molecule has 1 aliphatic heterocycles. The molecule has 1 unspecified atom stereocenters. The maximum atomic E-state index is 11.8. The SMILES string of the molecule is CCCCCCCCCC(=O)C(O)[C@@H](O)[C@@H]1OC(=O)C(O)=C1O. The van der Waals surface area contributed by atoms with Gasteiger partial charge in [-0.1, -0.05) is 45.4 Å². The number of unbranched alkanes of at least 4 members (excludes halogenated alkanes) is 6. The van der Waals surface area contributed by atoms with Gasteiger partial charge in [0.15, 0.2) is 17.6 Å². The Labute approximate surface area is 135 Å². The minimum absolute atomic E-state index is 0.100. The van der Waals surface area contributed by atoms with Gasteiger partial charge in [0.25, 0.3) is 0 Å². The van der Waals surface area contributed by atoms with Crippen molar-refractivity contribution in [3.63, 3.8) is 0 Å². The largest absolute Gasteiger partial charge is 0.505 e. The lowest BCUT2D eigenvalue weighted by Crippen LogP contribution is -2.43. The number of carbonyl (C=O) groups excluding carboxylic acids is 2. The second-order valence-corrected chi connectivity index (χ2v) is 5.83. The molecule has 132 valence electrons. The molecule has 0 spiro atoms. The van der Waals surface area contributed by atoms with E-state index in [0.29, 0.717) is 6.42 Å². The number of hydrogen-bond donors (Lipinski definition) is 4. The van der Waals surface area contributed by atoms with Crippen LogP contribution in [0.3, 0.4) is 0 Å². The van der Waals surface area contributed by atoms with Crippen LogP contribution in [0, 0.1) is 0 Å². The van der Waals surface area contributed by atoms with E-state index in [0.717, 1.165) is 19.3 Å². The maximum Gasteiger partial charge on any atom is 0.377 e. The predicted octanol–water partition coefficient (Wildman–Crippen LogP) is 1.67. The third-order valence-corrected chi connectivity index (χ3v) is 3.93. The molecule has 1 rings (SSSR count). The second-order valence-electron chi connectivity index (χ2n) is 5.83. The molecule has 0 saturated carbocycles. The molecule has 23 heavy (non-hydrogen) atoms. The summed E-state index contributed by atoms with van der Waals surface area (Å²) in [5, 5.41) is 38.2. The third kappa shape index (κ3) is 5.51. The fourth-order valence-electron chi connectivity index (χ4n) is 2.46. The van der Waals surface area contributed by atoms with Crippen LogP contribution in [0.25, 0.3) is 0 Å². The molecule has 0 aliphatic carbocycles. The van der Waals surface area contributed by atoms with Crippen molar-refractivity contribution in [2.45, 2.75) is 76.6 Å². The number of ketones is 1. The van der Waals surface area contributed by atoms with E-state index in [9.17, 15) is 24.9 Å². The van der Waals surface area contributed by atoms with Crippen molar-refractivity contribution in [1.82, 2.24) is 0 Å². The maximum absolute atomic E-state index is 11.8. The van der Waals surface area contributed by atoms with E-state index in [1.54, 1.807) is 0 Å². The molecule has 4 N–H and O–H groups in total. The summed E-state index contributed by atoms with van der Waals surface area (Å²) in [4.78, 5) is 22.9. The Bertz CT molecular complexity index is 444. The summed E-state index contributed by atoms with van der Waals surface area (Å²) in [6.45, 7) is 2.14. The van der Waals surface area contributed by atoms with Crippen molar-refractivity contribution in [1.29, 1.82) is 0 Å². The van der Waals surface area contributed by atoms with Gasteiger partial charge in [-0.15, -0.1) is 0 Å². The normalized spacial score (nSPS) is 20.5. The Morgan fingerprint density at radius 3 is 2.17 bits per heavy atom. The Kier molecular flexibility index (Phi) is 8.05. The Morgan fingerprint density at radius 1 is 1.09 bits per heavy atom. The first-order valence-corrected chi connectivity index (χ1v) is 8.12. The van der Waals surface area contributed by atoms with Crippen molar-refractivity contribution in [3.05, 3.63) is 11.5 Å². The number of esters is 1. The quantitative estimate of drug-likeness (QED) is 0.335. The van der Waals surface area contributed by atoms with Gasteiger partial charge < -0.3 is 25.2 Å². The molecule has 7 nitrogen and oxygen atoms in total. The van der Waals surface area contributed by atoms with Gasteiger partial charge in [0.1, 0.15) is 12.2 Å². The molecule has 0 saturated heterocycles. The lowest BCUT2D eigenvalue weighted by atomic mass is 9.99. The highest BCUT2D eigenvalue weighted by Gasteiger charge is 2.43. The zero-order chi connectivity index (χ0) is 17.4. The van der Waals surface area contributed by atoms with Gasteiger partial charge >= 0.3 is 5.97 Å². The standard InChI is InChI=1S/C16H26O7/c1-2-3-4-5-6-7-8-9-10(17)11(18)12(19)15-13(20)14(21)16(22)23-15/h11-12,15,18-21H,2-9H2,1H3/t11?,12-,15+/m1/s1. The van der Waals surface area contributed by atoms with Crippen LogP contribution in [-0.2, 0) is 14.3 Å². The molecule has 3 atom stereocenters. The number of Topliss-reactive ketones (excluding diaryl/α,β-unsaturated/α-hetero) is 1. The summed E-state index contributed by atoms with van der Waals surface area (Å²) < 4.78 is 4.52. The van der Waals surface area contributed by atoms with Crippen LogP contribution in [0.2, 0.25) is 0 Å². The molecule has 0 fully saturated rings. The molecular weight excluding hydrogens is 304 g/mol. The molecule has 0 bridgehead atoms. The molecule has 0 aromatic rings. The van der Waals surface area contributed by atoms with E-state index in [1.165, 1.54) is 19.3 Å². The second kappa shape index (κ2) is 9.52. The molecule has 1 aliphatic rings. The first-order valence-electron chi connectivity index (χ1n) is 8.12. The summed E-state index contributed by atoms with van der Waals surface area (Å²) in [6.07, 6.45) is 2.05. The van der Waals surface area contributed by atoms with Crippen molar-refractivity contribution < 1.29 is 34.8 Å². The summed E-state index contributed by atoms with van der Waals surface area (Å²) in [6, 6.07) is 0. The molecule has 0 amide bonds. The zero-order valence-electron chi connectivity index (χ0n) is 13.4. The number of carbonyl (C=O) groups is 2. The van der Waals surface area contributed by atoms with E-state index < -0.39 is 41.6 Å². The average molecular weight is 330 g/mol. The van der Waals surface area contributed by atoms with Gasteiger partial charge in [-0.3, -0.25) is 4.79 Å². The number of aliphatic hydroxyl groups excluding tert-OH is 4. The van der Waals surface area contributed by atoms with Gasteiger partial charge in [0.2, 0.25) is 5.76 Å². The molecular formula is C16H26O7. The van der Waals surface area contributed by atoms with Crippen LogP contribution in [-0.4, -0.2) is 50.5 Å². The highest BCUT2D eigenvalue weighted by atomic mass is 16.6. The Morgan fingerprint density at radius 2 is 1.65 bits per heavy atom. The van der Waals surface area contributed by atoms with Crippen LogP contribution >= 0.6 is 0 Å². The molecule has 0 aromatic carbocycles. The van der Waals surface area contributed by atoms with Crippen LogP contribution in [0.4, 0.5) is 0 Å². The number of rotatable bonds is 11. The highest BCUT2D eigenvalue weighted by molar-refractivity contribution is 5.89. The summed E-state index contributed by atoms with van der Waals surface area (Å²) in [7, 11) is 0. The van der Waals surface area contributed by atoms with Crippen LogP contribution in [0.5, 0.6) is 0 Å². The van der Waals surface area contributed by atoms with E-state index in [1.807, 2.05) is 0 Å². The lowest BCUT2D eigenvalue weighted by Gasteiger charge is -2.21. The lowest BCUT2D eigenvalue weighted by molar-refractivity contribution is -0.154. The van der Waals surface area contributed by atoms with Crippen molar-refractivity contribution in [2.24, 2.45) is 0 Å². The number of hydrogen-bond acceptors (Lipinski definition) is 7. The van der Waals surface area contributed by atoms with Gasteiger partial charge in [-0.25, -0.2) is 4.79 Å². The first kappa shape index (κ1) is 19.4.